The zero-order valence-electron chi connectivity index (χ0n) is 33.6. The van der Waals surface area contributed by atoms with Crippen LogP contribution in [0.3, 0.4) is 0 Å². The summed E-state index contributed by atoms with van der Waals surface area (Å²) in [7, 11) is 0. The molecule has 0 aliphatic carbocycles. The molecule has 0 atom stereocenters. The molecule has 2 heterocycles. The summed E-state index contributed by atoms with van der Waals surface area (Å²) < 4.78 is 28.6. The largest absolute Gasteiger partial charge is 0.309 e. The van der Waals surface area contributed by atoms with Gasteiger partial charge in [-0.1, -0.05) is 131 Å². The van der Waals surface area contributed by atoms with Gasteiger partial charge in [0.1, 0.15) is 0 Å². The smallest absolute Gasteiger partial charge is 0.0541 e. The minimum absolute atomic E-state index is 0.364. The quantitative estimate of drug-likeness (QED) is 0.170. The average molecular weight is 696 g/mol. The standard InChI is InChI=1S/C52H40N2/c1-33-25-34(2)28-41(27-33)37-13-19-43(20-14-37)53-49-11-7-5-9-45(49)47-31-39(17-23-51(47)53)40-18-24-52-48(32-40)46-10-6-8-12-50(46)54(52)44-21-15-38(16-22-44)42-29-35(3)26-36(4)30-42/h5-32H,1-4H3/i1D3. The van der Waals surface area contributed by atoms with Crippen LogP contribution in [0, 0.1) is 27.6 Å². The maximum Gasteiger partial charge on any atom is 0.0541 e. The Kier molecular flexibility index (Phi) is 6.69. The summed E-state index contributed by atoms with van der Waals surface area (Å²) in [5.74, 6) is 0. The van der Waals surface area contributed by atoms with Gasteiger partial charge in [-0.2, -0.15) is 0 Å². The third-order valence-corrected chi connectivity index (χ3v) is 10.9. The first kappa shape index (κ1) is 28.9. The zero-order valence-corrected chi connectivity index (χ0v) is 30.6. The lowest BCUT2D eigenvalue weighted by atomic mass is 10.00. The van der Waals surface area contributed by atoms with Gasteiger partial charge in [-0.3, -0.25) is 0 Å². The topological polar surface area (TPSA) is 9.86 Å². The van der Waals surface area contributed by atoms with E-state index in [-0.39, 0.29) is 0 Å². The van der Waals surface area contributed by atoms with E-state index in [0.717, 1.165) is 39.1 Å². The summed E-state index contributed by atoms with van der Waals surface area (Å²) in [6.45, 7) is 4.11. The SMILES string of the molecule is [2H]C([2H])([2H])c1cc(C)cc(-c2ccc(-n3c4ccccc4c4cc(-c5ccc6c(c5)c5ccccc5n6-c5ccc(-c6cc(C)cc(C)c6)cc5)ccc43)cc2)c1. The van der Waals surface area contributed by atoms with Crippen molar-refractivity contribution in [1.82, 2.24) is 9.13 Å². The zero-order chi connectivity index (χ0) is 39.0. The Morgan fingerprint density at radius 2 is 0.685 bits per heavy atom. The number of benzene rings is 8. The highest BCUT2D eigenvalue weighted by Gasteiger charge is 2.16. The van der Waals surface area contributed by atoms with Crippen LogP contribution in [0.2, 0.25) is 0 Å². The lowest BCUT2D eigenvalue weighted by Crippen LogP contribution is -1.94. The van der Waals surface area contributed by atoms with Crippen molar-refractivity contribution < 1.29 is 4.11 Å². The monoisotopic (exact) mass is 695 g/mol. The van der Waals surface area contributed by atoms with Crippen molar-refractivity contribution in [2.45, 2.75) is 27.6 Å². The first-order chi connectivity index (χ1) is 27.6. The fourth-order valence-corrected chi connectivity index (χ4v) is 8.56. The minimum Gasteiger partial charge on any atom is -0.309 e. The van der Waals surface area contributed by atoms with Crippen LogP contribution in [0.4, 0.5) is 0 Å². The number of hydrogen-bond acceptors (Lipinski definition) is 0. The van der Waals surface area contributed by atoms with E-state index in [1.165, 1.54) is 66.0 Å². The van der Waals surface area contributed by atoms with E-state index >= 15 is 0 Å². The number of hydrogen-bond donors (Lipinski definition) is 0. The molecular formula is C52H40N2. The van der Waals surface area contributed by atoms with E-state index in [1.807, 2.05) is 13.0 Å². The van der Waals surface area contributed by atoms with Crippen molar-refractivity contribution in [2.75, 3.05) is 0 Å². The predicted molar refractivity (Wildman–Crippen MR) is 230 cm³/mol. The Hall–Kier alpha value is -6.64. The van der Waals surface area contributed by atoms with Crippen molar-refractivity contribution in [2.24, 2.45) is 0 Å². The van der Waals surface area contributed by atoms with Gasteiger partial charge in [-0.25, -0.2) is 0 Å². The van der Waals surface area contributed by atoms with Gasteiger partial charge in [0.25, 0.3) is 0 Å². The fraction of sp³-hybridized carbons (Fsp3) is 0.0769. The second kappa shape index (κ2) is 12.5. The lowest BCUT2D eigenvalue weighted by molar-refractivity contribution is 1.18. The van der Waals surface area contributed by atoms with Gasteiger partial charge in [-0.15, -0.1) is 0 Å². The van der Waals surface area contributed by atoms with E-state index in [4.69, 9.17) is 4.11 Å². The first-order valence-corrected chi connectivity index (χ1v) is 18.6. The number of fused-ring (bicyclic) bond motifs is 6. The molecular weight excluding hydrogens is 653 g/mol. The number of rotatable bonds is 5. The van der Waals surface area contributed by atoms with Crippen molar-refractivity contribution in [3.05, 3.63) is 192 Å². The highest BCUT2D eigenvalue weighted by Crippen LogP contribution is 2.39. The second-order valence-corrected chi connectivity index (χ2v) is 14.7. The van der Waals surface area contributed by atoms with E-state index in [0.29, 0.717) is 5.56 Å². The Labute approximate surface area is 320 Å². The predicted octanol–water partition coefficient (Wildman–Crippen LogP) is 14.1. The molecule has 0 saturated carbocycles. The maximum absolute atomic E-state index is 7.95. The van der Waals surface area contributed by atoms with Crippen LogP contribution in [0.1, 0.15) is 26.4 Å². The summed E-state index contributed by atoms with van der Waals surface area (Å²) in [6, 6.07) is 60.7. The Bertz CT molecular complexity index is 3160. The Morgan fingerprint density at radius 1 is 0.315 bits per heavy atom. The van der Waals surface area contributed by atoms with Crippen LogP contribution in [0.15, 0.2) is 170 Å². The Balaban J connectivity index is 1.04. The Morgan fingerprint density at radius 3 is 1.13 bits per heavy atom. The van der Waals surface area contributed by atoms with Crippen molar-refractivity contribution in [1.29, 1.82) is 0 Å². The molecule has 0 fully saturated rings. The molecule has 0 aliphatic heterocycles. The molecule has 0 unspecified atom stereocenters. The van der Waals surface area contributed by atoms with Crippen LogP contribution in [-0.4, -0.2) is 9.13 Å². The van der Waals surface area contributed by atoms with Crippen LogP contribution >= 0.6 is 0 Å². The van der Waals surface area contributed by atoms with Crippen molar-refractivity contribution in [3.8, 4) is 44.8 Å². The molecule has 0 bridgehead atoms. The second-order valence-electron chi connectivity index (χ2n) is 14.7. The molecule has 10 aromatic rings. The molecule has 0 saturated heterocycles. The van der Waals surface area contributed by atoms with Crippen molar-refractivity contribution in [3.63, 3.8) is 0 Å². The van der Waals surface area contributed by atoms with Crippen LogP contribution in [0.5, 0.6) is 0 Å². The highest BCUT2D eigenvalue weighted by atomic mass is 15.0. The average Bonchev–Trinajstić information content (AvgIpc) is 3.72. The number of aromatic nitrogens is 2. The third kappa shape index (κ3) is 5.33. The molecule has 258 valence electrons. The fourth-order valence-electron chi connectivity index (χ4n) is 8.56. The molecule has 0 spiro atoms. The van der Waals surface area contributed by atoms with E-state index in [2.05, 4.69) is 175 Å². The van der Waals surface area contributed by atoms with Crippen LogP contribution < -0.4 is 0 Å². The minimum atomic E-state index is -2.15. The van der Waals surface area contributed by atoms with Gasteiger partial charge < -0.3 is 9.13 Å². The van der Waals surface area contributed by atoms with E-state index in [1.54, 1.807) is 12.1 Å². The van der Waals surface area contributed by atoms with E-state index in [9.17, 15) is 0 Å². The molecule has 2 aromatic heterocycles. The highest BCUT2D eigenvalue weighted by molar-refractivity contribution is 6.12. The molecule has 0 radical (unpaired) electrons. The van der Waals surface area contributed by atoms with Gasteiger partial charge in [0.15, 0.2) is 0 Å². The van der Waals surface area contributed by atoms with Crippen molar-refractivity contribution >= 4 is 43.6 Å². The van der Waals surface area contributed by atoms with Crippen LogP contribution in [0.25, 0.3) is 88.4 Å². The molecule has 0 N–H and O–H groups in total. The number of aryl methyl sites for hydroxylation is 4. The molecule has 2 heteroatoms. The number of nitrogens with zero attached hydrogens (tertiary/aromatic N) is 2. The summed E-state index contributed by atoms with van der Waals surface area (Å²) in [5.41, 5.74) is 17.4. The molecule has 8 aromatic carbocycles. The van der Waals surface area contributed by atoms with Gasteiger partial charge in [0, 0.05) is 37.0 Å². The summed E-state index contributed by atoms with van der Waals surface area (Å²) in [6.07, 6.45) is 0. The summed E-state index contributed by atoms with van der Waals surface area (Å²) in [4.78, 5) is 0. The molecule has 0 aliphatic rings. The molecule has 54 heavy (non-hydrogen) atoms. The number of para-hydroxylation sites is 2. The normalized spacial score (nSPS) is 12.8. The molecule has 10 rings (SSSR count). The lowest BCUT2D eigenvalue weighted by Gasteiger charge is -2.11. The van der Waals surface area contributed by atoms with E-state index < -0.39 is 6.85 Å². The van der Waals surface area contributed by atoms with Crippen LogP contribution in [-0.2, 0) is 0 Å². The third-order valence-electron chi connectivity index (χ3n) is 10.9. The van der Waals surface area contributed by atoms with Gasteiger partial charge >= 0.3 is 0 Å². The summed E-state index contributed by atoms with van der Waals surface area (Å²) in [5, 5.41) is 4.85. The van der Waals surface area contributed by atoms with Gasteiger partial charge in [0.05, 0.1) is 22.1 Å². The van der Waals surface area contributed by atoms with Gasteiger partial charge in [-0.05, 0) is 122 Å². The molecule has 2 nitrogen and oxygen atoms in total. The maximum atomic E-state index is 7.95. The summed E-state index contributed by atoms with van der Waals surface area (Å²) >= 11 is 0. The molecule has 0 amide bonds. The first-order valence-electron chi connectivity index (χ1n) is 20.1. The van der Waals surface area contributed by atoms with Gasteiger partial charge in [0.2, 0.25) is 0 Å².